The van der Waals surface area contributed by atoms with E-state index in [-0.39, 0.29) is 0 Å². The Kier molecular flexibility index (Phi) is 9.28. The molecule has 1 nitrogen and oxygen atoms in total. The summed E-state index contributed by atoms with van der Waals surface area (Å²) in [6.07, 6.45) is 6.33. The van der Waals surface area contributed by atoms with Gasteiger partial charge in [-0.15, -0.1) is 0 Å². The van der Waals surface area contributed by atoms with Crippen LogP contribution in [0.3, 0.4) is 0 Å². The molecule has 0 aliphatic heterocycles. The highest BCUT2D eigenvalue weighted by molar-refractivity contribution is 5.90. The molecule has 0 atom stereocenters. The molecule has 0 bridgehead atoms. The Morgan fingerprint density at radius 2 is 1.65 bits per heavy atom. The first-order valence-electron chi connectivity index (χ1n) is 9.06. The number of carbonyl (C=O) groups is 1. The number of hydrogen-bond donors (Lipinski definition) is 0. The highest BCUT2D eigenvalue weighted by Gasteiger charge is 2.05. The van der Waals surface area contributed by atoms with E-state index in [4.69, 9.17) is 0 Å². The Morgan fingerprint density at radius 3 is 2.26 bits per heavy atom. The van der Waals surface area contributed by atoms with Crippen LogP contribution in [0.2, 0.25) is 0 Å². The summed E-state index contributed by atoms with van der Waals surface area (Å²) in [5.41, 5.74) is 1.15. The lowest BCUT2D eigenvalue weighted by molar-refractivity contribution is -0.118. The zero-order valence-corrected chi connectivity index (χ0v) is 15.3. The lowest BCUT2D eigenvalue weighted by Crippen LogP contribution is -2.02. The van der Waals surface area contributed by atoms with Gasteiger partial charge in [-0.2, -0.15) is 0 Å². The second-order valence-corrected chi connectivity index (χ2v) is 6.64. The summed E-state index contributed by atoms with van der Waals surface area (Å²) in [4.78, 5) is 11.7. The van der Waals surface area contributed by atoms with E-state index in [1.807, 2.05) is 25.1 Å². The van der Waals surface area contributed by atoms with Crippen molar-refractivity contribution in [3.63, 3.8) is 0 Å². The molecule has 0 saturated heterocycles. The van der Waals surface area contributed by atoms with Gasteiger partial charge in [0.15, 0.2) is 0 Å². The van der Waals surface area contributed by atoms with Crippen molar-refractivity contribution in [1.82, 2.24) is 0 Å². The number of hydrogen-bond acceptors (Lipinski definition) is 1. The molecule has 0 heterocycles. The minimum atomic E-state index is 0.332. The monoisotopic (exact) mass is 312 g/mol. The molecule has 0 aliphatic carbocycles. The van der Waals surface area contributed by atoms with Gasteiger partial charge in [0.25, 0.3) is 0 Å². The molecule has 0 saturated carbocycles. The van der Waals surface area contributed by atoms with Crippen LogP contribution in [0.15, 0.2) is 42.5 Å². The summed E-state index contributed by atoms with van der Waals surface area (Å²) in [6.45, 7) is 8.83. The first-order valence-corrected chi connectivity index (χ1v) is 9.06. The quantitative estimate of drug-likeness (QED) is 0.564. The summed E-state index contributed by atoms with van der Waals surface area (Å²) >= 11 is 0. The minimum Gasteiger partial charge on any atom is -0.299 e. The van der Waals surface area contributed by atoms with Gasteiger partial charge in [0.2, 0.25) is 0 Å². The molecular weight excluding hydrogens is 280 g/mol. The molecular formula is C22H32O. The molecule has 0 radical (unpaired) electrons. The maximum absolute atomic E-state index is 11.7. The summed E-state index contributed by atoms with van der Waals surface area (Å²) in [5.74, 6) is 1.24. The predicted molar refractivity (Wildman–Crippen MR) is 102 cm³/mol. The number of fused-ring (bicyclic) bond motifs is 1. The fourth-order valence-corrected chi connectivity index (χ4v) is 2.64. The maximum Gasteiger partial charge on any atom is 0.137 e. The van der Waals surface area contributed by atoms with Gasteiger partial charge in [0.05, 0.1) is 0 Å². The number of rotatable bonds is 7. The maximum atomic E-state index is 11.7. The summed E-state index contributed by atoms with van der Waals surface area (Å²) in [6, 6.07) is 14.4. The molecule has 0 fully saturated rings. The van der Waals surface area contributed by atoms with Gasteiger partial charge in [0, 0.05) is 12.8 Å². The fraction of sp³-hybridized carbons (Fsp3) is 0.500. The van der Waals surface area contributed by atoms with E-state index in [0.29, 0.717) is 18.6 Å². The molecule has 126 valence electrons. The van der Waals surface area contributed by atoms with E-state index >= 15 is 0 Å². The van der Waals surface area contributed by atoms with Crippen LogP contribution in [0.25, 0.3) is 10.8 Å². The van der Waals surface area contributed by atoms with Crippen molar-refractivity contribution in [2.24, 2.45) is 5.92 Å². The van der Waals surface area contributed by atoms with Crippen LogP contribution in [0.5, 0.6) is 0 Å². The van der Waals surface area contributed by atoms with Gasteiger partial charge in [-0.3, -0.25) is 4.79 Å². The van der Waals surface area contributed by atoms with Crippen molar-refractivity contribution < 1.29 is 4.79 Å². The highest BCUT2D eigenvalue weighted by atomic mass is 16.1. The summed E-state index contributed by atoms with van der Waals surface area (Å²) in [7, 11) is 0. The molecule has 2 rings (SSSR count). The van der Waals surface area contributed by atoms with E-state index in [2.05, 4.69) is 45.0 Å². The van der Waals surface area contributed by atoms with Crippen molar-refractivity contribution in [3.05, 3.63) is 48.0 Å². The van der Waals surface area contributed by atoms with Crippen molar-refractivity contribution >= 4 is 16.6 Å². The third-order valence-corrected chi connectivity index (χ3v) is 3.93. The highest BCUT2D eigenvalue weighted by Crippen LogP contribution is 2.19. The molecule has 2 aromatic rings. The fourth-order valence-electron chi connectivity index (χ4n) is 2.64. The third kappa shape index (κ3) is 7.45. The van der Waals surface area contributed by atoms with Crippen LogP contribution >= 0.6 is 0 Å². The van der Waals surface area contributed by atoms with Gasteiger partial charge < -0.3 is 0 Å². The SMILES string of the molecule is CCCC(=O)Cc1cccc2ccccc12.CCCCC(C)C. The lowest BCUT2D eigenvalue weighted by atomic mass is 9.99. The number of Topliss-reactive ketones (excluding diaryl/α,β-unsaturated/α-hetero) is 1. The Balaban J connectivity index is 0.000000322. The van der Waals surface area contributed by atoms with Crippen LogP contribution in [-0.2, 0) is 11.2 Å². The first-order chi connectivity index (χ1) is 11.1. The molecule has 2 aromatic carbocycles. The molecule has 23 heavy (non-hydrogen) atoms. The van der Waals surface area contributed by atoms with Gasteiger partial charge in [0.1, 0.15) is 5.78 Å². The van der Waals surface area contributed by atoms with Crippen molar-refractivity contribution in [3.8, 4) is 0 Å². The second-order valence-electron chi connectivity index (χ2n) is 6.64. The van der Waals surface area contributed by atoms with E-state index in [1.54, 1.807) is 0 Å². The standard InChI is InChI=1S/C15H16O.C7H16/c1-2-6-14(16)11-13-9-5-8-12-7-3-4-10-15(12)13;1-4-5-6-7(2)3/h3-5,7-10H,2,6,11H2,1H3;7H,4-6H2,1-3H3. The smallest absolute Gasteiger partial charge is 0.137 e. The van der Waals surface area contributed by atoms with Gasteiger partial charge in [-0.1, -0.05) is 89.4 Å². The van der Waals surface area contributed by atoms with E-state index < -0.39 is 0 Å². The van der Waals surface area contributed by atoms with E-state index in [9.17, 15) is 4.79 Å². The largest absolute Gasteiger partial charge is 0.299 e. The number of ketones is 1. The van der Waals surface area contributed by atoms with Crippen molar-refractivity contribution in [2.45, 2.75) is 66.2 Å². The van der Waals surface area contributed by atoms with Crippen LogP contribution in [0.1, 0.15) is 65.4 Å². The zero-order valence-electron chi connectivity index (χ0n) is 15.3. The normalized spacial score (nSPS) is 10.5. The van der Waals surface area contributed by atoms with Crippen LogP contribution in [0, 0.1) is 5.92 Å². The van der Waals surface area contributed by atoms with Crippen LogP contribution in [-0.4, -0.2) is 5.78 Å². The average molecular weight is 312 g/mol. The van der Waals surface area contributed by atoms with Crippen molar-refractivity contribution in [2.75, 3.05) is 0 Å². The third-order valence-electron chi connectivity index (χ3n) is 3.93. The number of benzene rings is 2. The molecule has 0 N–H and O–H groups in total. The molecule has 1 heteroatoms. The molecule has 0 spiro atoms. The first kappa shape index (κ1) is 19.4. The zero-order chi connectivity index (χ0) is 17.1. The second kappa shape index (κ2) is 11.0. The number of unbranched alkanes of at least 4 members (excludes halogenated alkanes) is 1. The van der Waals surface area contributed by atoms with E-state index in [0.717, 1.165) is 17.9 Å². The lowest BCUT2D eigenvalue weighted by Gasteiger charge is -2.05. The number of carbonyl (C=O) groups excluding carboxylic acids is 1. The van der Waals surface area contributed by atoms with Gasteiger partial charge in [-0.05, 0) is 28.7 Å². The van der Waals surface area contributed by atoms with Crippen molar-refractivity contribution in [1.29, 1.82) is 0 Å². The Bertz CT molecular complexity index is 578. The molecule has 0 amide bonds. The van der Waals surface area contributed by atoms with Gasteiger partial charge in [-0.25, -0.2) is 0 Å². The van der Waals surface area contributed by atoms with Crippen LogP contribution in [0.4, 0.5) is 0 Å². The minimum absolute atomic E-state index is 0.332. The Hall–Kier alpha value is -1.63. The molecule has 0 aliphatic rings. The Morgan fingerprint density at radius 1 is 0.957 bits per heavy atom. The summed E-state index contributed by atoms with van der Waals surface area (Å²) < 4.78 is 0. The van der Waals surface area contributed by atoms with Gasteiger partial charge >= 0.3 is 0 Å². The molecule has 0 aromatic heterocycles. The predicted octanol–water partition coefficient (Wildman–Crippen LogP) is 6.58. The molecule has 0 unspecified atom stereocenters. The van der Waals surface area contributed by atoms with E-state index in [1.165, 1.54) is 30.0 Å². The van der Waals surface area contributed by atoms with Crippen LogP contribution < -0.4 is 0 Å². The summed E-state index contributed by atoms with van der Waals surface area (Å²) in [5, 5.41) is 2.42. The topological polar surface area (TPSA) is 17.1 Å². The Labute approximate surface area is 142 Å². The average Bonchev–Trinajstić information content (AvgIpc) is 2.54.